The van der Waals surface area contributed by atoms with Gasteiger partial charge in [-0.25, -0.2) is 0 Å². The molecule has 90 valence electrons. The zero-order valence-electron chi connectivity index (χ0n) is 11.3. The minimum Gasteiger partial charge on any atom is -0.313 e. The minimum absolute atomic E-state index is 0.299. The van der Waals surface area contributed by atoms with Gasteiger partial charge in [-0.15, -0.1) is 0 Å². The summed E-state index contributed by atoms with van der Waals surface area (Å²) < 4.78 is 0. The van der Waals surface area contributed by atoms with Crippen molar-refractivity contribution in [3.05, 3.63) is 0 Å². The van der Waals surface area contributed by atoms with E-state index in [1.165, 1.54) is 13.0 Å². The van der Waals surface area contributed by atoms with Crippen LogP contribution >= 0.6 is 0 Å². The Balaban J connectivity index is 2.67. The molecule has 1 fully saturated rings. The predicted molar refractivity (Wildman–Crippen MR) is 67.2 cm³/mol. The first-order valence-electron chi connectivity index (χ1n) is 6.36. The largest absolute Gasteiger partial charge is 0.313 e. The fourth-order valence-electron chi connectivity index (χ4n) is 2.86. The SMILES string of the molecule is CCNC1CN(C(C)(C)C)C(C)CC1C. The average Bonchev–Trinajstić information content (AvgIpc) is 2.07. The molecule has 0 amide bonds. The first-order valence-corrected chi connectivity index (χ1v) is 6.36. The molecule has 0 bridgehead atoms. The summed E-state index contributed by atoms with van der Waals surface area (Å²) in [6.07, 6.45) is 1.31. The van der Waals surface area contributed by atoms with Crippen LogP contribution in [0.15, 0.2) is 0 Å². The van der Waals surface area contributed by atoms with Crippen LogP contribution in [-0.2, 0) is 0 Å². The Morgan fingerprint density at radius 3 is 2.33 bits per heavy atom. The highest BCUT2D eigenvalue weighted by Gasteiger charge is 2.35. The van der Waals surface area contributed by atoms with E-state index in [-0.39, 0.29) is 0 Å². The van der Waals surface area contributed by atoms with Crippen molar-refractivity contribution in [1.82, 2.24) is 10.2 Å². The third-order valence-electron chi connectivity index (χ3n) is 3.65. The summed E-state index contributed by atoms with van der Waals surface area (Å²) >= 11 is 0. The number of hydrogen-bond donors (Lipinski definition) is 1. The van der Waals surface area contributed by atoms with Crippen molar-refractivity contribution in [2.24, 2.45) is 5.92 Å². The van der Waals surface area contributed by atoms with Crippen molar-refractivity contribution in [1.29, 1.82) is 0 Å². The van der Waals surface area contributed by atoms with Crippen LogP contribution in [0, 0.1) is 5.92 Å². The molecule has 0 saturated carbocycles. The van der Waals surface area contributed by atoms with E-state index in [4.69, 9.17) is 0 Å². The maximum absolute atomic E-state index is 3.62. The molecule has 15 heavy (non-hydrogen) atoms. The molecule has 2 nitrogen and oxygen atoms in total. The van der Waals surface area contributed by atoms with Crippen LogP contribution in [0.1, 0.15) is 48.0 Å². The van der Waals surface area contributed by atoms with Gasteiger partial charge in [-0.1, -0.05) is 13.8 Å². The average molecular weight is 212 g/mol. The quantitative estimate of drug-likeness (QED) is 0.756. The van der Waals surface area contributed by atoms with Gasteiger partial charge in [0.25, 0.3) is 0 Å². The molecule has 1 rings (SSSR count). The zero-order valence-corrected chi connectivity index (χ0v) is 11.3. The molecule has 1 N–H and O–H groups in total. The smallest absolute Gasteiger partial charge is 0.0221 e. The third-order valence-corrected chi connectivity index (χ3v) is 3.65. The van der Waals surface area contributed by atoms with Crippen molar-refractivity contribution in [2.45, 2.75) is 65.6 Å². The molecule has 1 aliphatic rings. The molecule has 2 heteroatoms. The van der Waals surface area contributed by atoms with Gasteiger partial charge < -0.3 is 5.32 Å². The molecule has 3 atom stereocenters. The minimum atomic E-state index is 0.299. The topological polar surface area (TPSA) is 15.3 Å². The summed E-state index contributed by atoms with van der Waals surface area (Å²) in [6.45, 7) is 16.2. The molecule has 0 radical (unpaired) electrons. The normalized spacial score (nSPS) is 34.4. The standard InChI is InChI=1S/C13H28N2/c1-7-14-12-9-15(13(4,5)6)11(3)8-10(12)2/h10-12,14H,7-9H2,1-6H3. The van der Waals surface area contributed by atoms with Crippen molar-refractivity contribution < 1.29 is 0 Å². The van der Waals surface area contributed by atoms with Crippen LogP contribution in [0.5, 0.6) is 0 Å². The van der Waals surface area contributed by atoms with Crippen LogP contribution < -0.4 is 5.32 Å². The highest BCUT2D eigenvalue weighted by molar-refractivity contribution is 4.92. The van der Waals surface area contributed by atoms with Crippen LogP contribution in [0.4, 0.5) is 0 Å². The number of hydrogen-bond acceptors (Lipinski definition) is 2. The van der Waals surface area contributed by atoms with Crippen LogP contribution in [-0.4, -0.2) is 35.6 Å². The molecule has 1 aliphatic heterocycles. The maximum atomic E-state index is 3.62. The van der Waals surface area contributed by atoms with Crippen molar-refractivity contribution in [2.75, 3.05) is 13.1 Å². The van der Waals surface area contributed by atoms with Gasteiger partial charge >= 0.3 is 0 Å². The lowest BCUT2D eigenvalue weighted by atomic mass is 9.85. The summed E-state index contributed by atoms with van der Waals surface area (Å²) in [7, 11) is 0. The summed E-state index contributed by atoms with van der Waals surface area (Å²) in [6, 6.07) is 1.39. The van der Waals surface area contributed by atoms with Gasteiger partial charge in [-0.2, -0.15) is 0 Å². The molecular formula is C13H28N2. The van der Waals surface area contributed by atoms with E-state index in [2.05, 4.69) is 51.8 Å². The Bertz CT molecular complexity index is 195. The fourth-order valence-corrected chi connectivity index (χ4v) is 2.86. The zero-order chi connectivity index (χ0) is 11.6. The Kier molecular flexibility index (Phi) is 4.19. The lowest BCUT2D eigenvalue weighted by Gasteiger charge is -2.48. The van der Waals surface area contributed by atoms with Gasteiger partial charge in [0.1, 0.15) is 0 Å². The van der Waals surface area contributed by atoms with Crippen molar-refractivity contribution in [3.8, 4) is 0 Å². The fraction of sp³-hybridized carbons (Fsp3) is 1.00. The van der Waals surface area contributed by atoms with Gasteiger partial charge in [0.15, 0.2) is 0 Å². The summed E-state index contributed by atoms with van der Waals surface area (Å²) in [5.41, 5.74) is 0.299. The maximum Gasteiger partial charge on any atom is 0.0221 e. The van der Waals surface area contributed by atoms with E-state index in [0.717, 1.165) is 18.5 Å². The van der Waals surface area contributed by atoms with Crippen LogP contribution in [0.25, 0.3) is 0 Å². The summed E-state index contributed by atoms with van der Waals surface area (Å²) in [5.74, 6) is 0.804. The van der Waals surface area contributed by atoms with Crippen molar-refractivity contribution >= 4 is 0 Å². The van der Waals surface area contributed by atoms with E-state index >= 15 is 0 Å². The lowest BCUT2D eigenvalue weighted by molar-refractivity contribution is 0.0227. The van der Waals surface area contributed by atoms with E-state index in [1.54, 1.807) is 0 Å². The predicted octanol–water partition coefficient (Wildman–Crippen LogP) is 2.49. The number of nitrogens with zero attached hydrogens (tertiary/aromatic N) is 1. The number of likely N-dealkylation sites (tertiary alicyclic amines) is 1. The van der Waals surface area contributed by atoms with E-state index < -0.39 is 0 Å². The highest BCUT2D eigenvalue weighted by atomic mass is 15.2. The van der Waals surface area contributed by atoms with Gasteiger partial charge in [-0.3, -0.25) is 4.90 Å². The summed E-state index contributed by atoms with van der Waals surface area (Å²) in [5, 5.41) is 3.62. The third kappa shape index (κ3) is 3.18. The van der Waals surface area contributed by atoms with E-state index in [1.807, 2.05) is 0 Å². The number of nitrogens with one attached hydrogen (secondary N) is 1. The van der Waals surface area contributed by atoms with E-state index in [0.29, 0.717) is 11.6 Å². The molecular weight excluding hydrogens is 184 g/mol. The first-order chi connectivity index (χ1) is 6.86. The monoisotopic (exact) mass is 212 g/mol. The molecule has 3 unspecified atom stereocenters. The lowest BCUT2D eigenvalue weighted by Crippen LogP contribution is -2.59. The number of piperidine rings is 1. The van der Waals surface area contributed by atoms with Gasteiger partial charge in [0.05, 0.1) is 0 Å². The van der Waals surface area contributed by atoms with Crippen LogP contribution in [0.2, 0.25) is 0 Å². The van der Waals surface area contributed by atoms with Gasteiger partial charge in [0.2, 0.25) is 0 Å². The molecule has 1 heterocycles. The Morgan fingerprint density at radius 2 is 1.87 bits per heavy atom. The first kappa shape index (κ1) is 13.0. The van der Waals surface area contributed by atoms with Crippen molar-refractivity contribution in [3.63, 3.8) is 0 Å². The molecule has 0 spiro atoms. The highest BCUT2D eigenvalue weighted by Crippen LogP contribution is 2.28. The Morgan fingerprint density at radius 1 is 1.27 bits per heavy atom. The Labute approximate surface area is 95.4 Å². The molecule has 0 aromatic heterocycles. The van der Waals surface area contributed by atoms with Gasteiger partial charge in [0, 0.05) is 24.2 Å². The van der Waals surface area contributed by atoms with Gasteiger partial charge in [-0.05, 0) is 46.6 Å². The molecule has 0 aliphatic carbocycles. The molecule has 1 saturated heterocycles. The summed E-state index contributed by atoms with van der Waals surface area (Å²) in [4.78, 5) is 2.64. The second kappa shape index (κ2) is 4.84. The number of rotatable bonds is 2. The van der Waals surface area contributed by atoms with Crippen LogP contribution in [0.3, 0.4) is 0 Å². The second-order valence-electron chi connectivity index (χ2n) is 6.05. The second-order valence-corrected chi connectivity index (χ2v) is 6.05. The Hall–Kier alpha value is -0.0800. The van der Waals surface area contributed by atoms with E-state index in [9.17, 15) is 0 Å². The number of likely N-dealkylation sites (N-methyl/N-ethyl adjacent to an activating group) is 1. The molecule has 0 aromatic rings. The molecule has 0 aromatic carbocycles.